The van der Waals surface area contributed by atoms with E-state index in [1.807, 2.05) is 19.1 Å². The molecule has 2 aromatic carbocycles. The van der Waals surface area contributed by atoms with Crippen LogP contribution in [0.2, 0.25) is 0 Å². The second kappa shape index (κ2) is 6.49. The molecule has 5 nitrogen and oxygen atoms in total. The summed E-state index contributed by atoms with van der Waals surface area (Å²) in [6, 6.07) is 11.6. The first-order chi connectivity index (χ1) is 9.97. The van der Waals surface area contributed by atoms with E-state index in [4.69, 9.17) is 0 Å². The second-order valence-corrected chi connectivity index (χ2v) is 5.44. The van der Waals surface area contributed by atoms with Crippen molar-refractivity contribution in [1.29, 1.82) is 0 Å². The lowest BCUT2D eigenvalue weighted by Crippen LogP contribution is -2.23. The van der Waals surface area contributed by atoms with Gasteiger partial charge in [-0.3, -0.25) is 14.9 Å². The summed E-state index contributed by atoms with van der Waals surface area (Å²) in [7, 11) is 0. The van der Waals surface area contributed by atoms with Gasteiger partial charge in [0.1, 0.15) is 0 Å². The highest BCUT2D eigenvalue weighted by atomic mass is 79.9. The molecule has 6 heteroatoms. The highest BCUT2D eigenvalue weighted by Gasteiger charge is 2.10. The lowest BCUT2D eigenvalue weighted by molar-refractivity contribution is -0.384. The molecule has 21 heavy (non-hydrogen) atoms. The number of nitro benzene ring substituents is 1. The summed E-state index contributed by atoms with van der Waals surface area (Å²) in [5.41, 5.74) is 2.46. The molecule has 0 aromatic heterocycles. The van der Waals surface area contributed by atoms with Gasteiger partial charge in [-0.15, -0.1) is 0 Å². The van der Waals surface area contributed by atoms with Crippen LogP contribution >= 0.6 is 15.9 Å². The van der Waals surface area contributed by atoms with E-state index in [9.17, 15) is 14.9 Å². The summed E-state index contributed by atoms with van der Waals surface area (Å²) in [4.78, 5) is 22.2. The Hall–Kier alpha value is -2.21. The van der Waals surface area contributed by atoms with Crippen molar-refractivity contribution in [3.05, 3.63) is 73.7 Å². The molecule has 0 radical (unpaired) electrons. The highest BCUT2D eigenvalue weighted by molar-refractivity contribution is 9.10. The topological polar surface area (TPSA) is 72.2 Å². The molecule has 0 aliphatic rings. The third-order valence-electron chi connectivity index (χ3n) is 2.97. The van der Waals surface area contributed by atoms with E-state index in [1.165, 1.54) is 12.1 Å². The molecule has 0 spiro atoms. The minimum absolute atomic E-state index is 0.0337. The number of carbonyl (C=O) groups is 1. The quantitative estimate of drug-likeness (QED) is 0.677. The zero-order chi connectivity index (χ0) is 15.4. The van der Waals surface area contributed by atoms with Gasteiger partial charge in [-0.25, -0.2) is 0 Å². The van der Waals surface area contributed by atoms with E-state index in [0.717, 1.165) is 15.6 Å². The van der Waals surface area contributed by atoms with Crippen molar-refractivity contribution >= 4 is 27.5 Å². The van der Waals surface area contributed by atoms with Crippen LogP contribution in [0.15, 0.2) is 46.9 Å². The third-order valence-corrected chi connectivity index (χ3v) is 3.63. The minimum atomic E-state index is -0.453. The largest absolute Gasteiger partial charge is 0.348 e. The van der Waals surface area contributed by atoms with Gasteiger partial charge in [0.2, 0.25) is 0 Å². The number of benzene rings is 2. The highest BCUT2D eigenvalue weighted by Crippen LogP contribution is 2.18. The van der Waals surface area contributed by atoms with Crippen molar-refractivity contribution in [2.24, 2.45) is 0 Å². The molecule has 0 aliphatic heterocycles. The van der Waals surface area contributed by atoms with Gasteiger partial charge >= 0.3 is 0 Å². The Morgan fingerprint density at radius 2 is 1.90 bits per heavy atom. The van der Waals surface area contributed by atoms with E-state index < -0.39 is 4.92 Å². The average molecular weight is 349 g/mol. The summed E-state index contributed by atoms with van der Waals surface area (Å²) in [6.07, 6.45) is 0. The zero-order valence-electron chi connectivity index (χ0n) is 11.3. The number of amides is 1. The molecule has 0 fully saturated rings. The van der Waals surface area contributed by atoms with E-state index >= 15 is 0 Å². The third kappa shape index (κ3) is 3.88. The van der Waals surface area contributed by atoms with E-state index in [2.05, 4.69) is 21.2 Å². The molecule has 0 saturated heterocycles. The lowest BCUT2D eigenvalue weighted by Gasteiger charge is -2.07. The lowest BCUT2D eigenvalue weighted by atomic mass is 10.1. The fraction of sp³-hybridized carbons (Fsp3) is 0.133. The Labute approximate surface area is 130 Å². The predicted molar refractivity (Wildman–Crippen MR) is 83.1 cm³/mol. The first-order valence-electron chi connectivity index (χ1n) is 6.25. The summed E-state index contributed by atoms with van der Waals surface area (Å²) in [5.74, 6) is -0.194. The van der Waals surface area contributed by atoms with E-state index in [1.54, 1.807) is 18.2 Å². The number of nitro groups is 1. The van der Waals surface area contributed by atoms with Gasteiger partial charge in [-0.2, -0.15) is 0 Å². The van der Waals surface area contributed by atoms with Crippen LogP contribution in [0.1, 0.15) is 21.5 Å². The van der Waals surface area contributed by atoms with Gasteiger partial charge in [0, 0.05) is 23.2 Å². The number of hydrogen-bond acceptors (Lipinski definition) is 3. The first kappa shape index (κ1) is 15.2. The van der Waals surface area contributed by atoms with E-state index in [-0.39, 0.29) is 11.6 Å². The van der Waals surface area contributed by atoms with Crippen molar-refractivity contribution in [2.75, 3.05) is 0 Å². The number of aryl methyl sites for hydroxylation is 1. The molecule has 0 saturated carbocycles. The van der Waals surface area contributed by atoms with Crippen LogP contribution in [0.3, 0.4) is 0 Å². The Morgan fingerprint density at radius 1 is 1.24 bits per heavy atom. The molecular formula is C15H13BrN2O3. The predicted octanol–water partition coefficient (Wildman–Crippen LogP) is 3.60. The van der Waals surface area contributed by atoms with Crippen molar-refractivity contribution in [3.8, 4) is 0 Å². The number of non-ortho nitro benzene ring substituents is 1. The van der Waals surface area contributed by atoms with Crippen molar-refractivity contribution in [2.45, 2.75) is 13.5 Å². The summed E-state index contributed by atoms with van der Waals surface area (Å²) in [5, 5.41) is 13.3. The summed E-state index contributed by atoms with van der Waals surface area (Å²) < 4.78 is 0.740. The standard InChI is InChI=1S/C15H13BrN2O3/c1-10-2-7-13(14(16)8-10)15(19)17-9-11-3-5-12(6-4-11)18(20)21/h2-8H,9H2,1H3,(H,17,19). The van der Waals surface area contributed by atoms with Gasteiger partial charge in [-0.1, -0.05) is 18.2 Å². The molecule has 1 amide bonds. The fourth-order valence-electron chi connectivity index (χ4n) is 1.82. The average Bonchev–Trinajstić information content (AvgIpc) is 2.45. The number of halogens is 1. The molecule has 0 atom stereocenters. The van der Waals surface area contributed by atoms with Crippen molar-refractivity contribution in [1.82, 2.24) is 5.32 Å². The summed E-state index contributed by atoms with van der Waals surface area (Å²) >= 11 is 3.36. The number of hydrogen-bond donors (Lipinski definition) is 1. The minimum Gasteiger partial charge on any atom is -0.348 e. The van der Waals surface area contributed by atoms with Crippen molar-refractivity contribution in [3.63, 3.8) is 0 Å². The van der Waals surface area contributed by atoms with Crippen LogP contribution in [-0.2, 0) is 6.54 Å². The molecule has 0 bridgehead atoms. The maximum atomic E-state index is 12.1. The molecule has 0 unspecified atom stereocenters. The Kier molecular flexibility index (Phi) is 4.70. The van der Waals surface area contributed by atoms with Gasteiger partial charge in [0.25, 0.3) is 11.6 Å². The Morgan fingerprint density at radius 3 is 2.48 bits per heavy atom. The number of nitrogens with zero attached hydrogens (tertiary/aromatic N) is 1. The number of nitrogens with one attached hydrogen (secondary N) is 1. The molecule has 1 N–H and O–H groups in total. The van der Waals surface area contributed by atoms with Gasteiger partial charge in [0.05, 0.1) is 10.5 Å². The summed E-state index contributed by atoms with van der Waals surface area (Å²) in [6.45, 7) is 2.26. The van der Waals surface area contributed by atoms with E-state index in [0.29, 0.717) is 12.1 Å². The van der Waals surface area contributed by atoms with Gasteiger partial charge in [-0.05, 0) is 46.1 Å². The maximum Gasteiger partial charge on any atom is 0.269 e. The first-order valence-corrected chi connectivity index (χ1v) is 7.04. The monoisotopic (exact) mass is 348 g/mol. The molecule has 2 aromatic rings. The van der Waals surface area contributed by atoms with Crippen LogP contribution in [-0.4, -0.2) is 10.8 Å². The molecule has 0 aliphatic carbocycles. The SMILES string of the molecule is Cc1ccc(C(=O)NCc2ccc([N+](=O)[O-])cc2)c(Br)c1. The number of rotatable bonds is 4. The van der Waals surface area contributed by atoms with Gasteiger partial charge in [0.15, 0.2) is 0 Å². The Bertz CT molecular complexity index is 684. The van der Waals surface area contributed by atoms with Crippen LogP contribution in [0.4, 0.5) is 5.69 Å². The Balaban J connectivity index is 2.02. The molecule has 2 rings (SSSR count). The van der Waals surface area contributed by atoms with Crippen molar-refractivity contribution < 1.29 is 9.72 Å². The normalized spacial score (nSPS) is 10.2. The number of carbonyl (C=O) groups excluding carboxylic acids is 1. The molecule has 108 valence electrons. The van der Waals surface area contributed by atoms with Crippen LogP contribution in [0, 0.1) is 17.0 Å². The fourth-order valence-corrected chi connectivity index (χ4v) is 2.49. The molecule has 0 heterocycles. The zero-order valence-corrected chi connectivity index (χ0v) is 12.9. The smallest absolute Gasteiger partial charge is 0.269 e. The maximum absolute atomic E-state index is 12.1. The second-order valence-electron chi connectivity index (χ2n) is 4.59. The van der Waals surface area contributed by atoms with Crippen LogP contribution in [0.25, 0.3) is 0 Å². The van der Waals surface area contributed by atoms with Crippen LogP contribution in [0.5, 0.6) is 0 Å². The van der Waals surface area contributed by atoms with Gasteiger partial charge < -0.3 is 5.32 Å². The molecular weight excluding hydrogens is 336 g/mol. The van der Waals surface area contributed by atoms with Crippen LogP contribution < -0.4 is 5.32 Å².